The molecule has 1 aliphatic carbocycles. The molecule has 3 aliphatic rings. The number of amides is 2. The van der Waals surface area contributed by atoms with Gasteiger partial charge in [-0.05, 0) is 55.7 Å². The van der Waals surface area contributed by atoms with Gasteiger partial charge in [0.05, 0.1) is 12.2 Å². The summed E-state index contributed by atoms with van der Waals surface area (Å²) in [7, 11) is 0. The molecule has 174 valence electrons. The summed E-state index contributed by atoms with van der Waals surface area (Å²) in [6, 6.07) is 7.76. The zero-order valence-corrected chi connectivity index (χ0v) is 19.8. The van der Waals surface area contributed by atoms with Gasteiger partial charge in [-0.3, -0.25) is 14.5 Å². The first-order chi connectivity index (χ1) is 15.6. The molecular formula is C27H38N2O3. The lowest BCUT2D eigenvalue weighted by molar-refractivity contribution is -0.140. The van der Waals surface area contributed by atoms with E-state index < -0.39 is 0 Å². The highest BCUT2D eigenvalue weighted by Gasteiger charge is 2.45. The van der Waals surface area contributed by atoms with E-state index in [2.05, 4.69) is 18.7 Å². The minimum absolute atomic E-state index is 0.0252. The SMILES string of the molecule is CCCOc1ccc(C2=C(N3CCCC(C)C3)C(=O)N(C3CCCCCCC3)C2=O)cc1. The number of hydrogen-bond donors (Lipinski definition) is 0. The first-order valence-electron chi connectivity index (χ1n) is 12.7. The molecular weight excluding hydrogens is 400 g/mol. The molecule has 0 radical (unpaired) electrons. The lowest BCUT2D eigenvalue weighted by Gasteiger charge is -2.34. The molecule has 1 saturated carbocycles. The monoisotopic (exact) mass is 438 g/mol. The van der Waals surface area contributed by atoms with Crippen molar-refractivity contribution >= 4 is 17.4 Å². The highest BCUT2D eigenvalue weighted by atomic mass is 16.5. The molecule has 2 heterocycles. The second kappa shape index (κ2) is 10.5. The van der Waals surface area contributed by atoms with Crippen molar-refractivity contribution in [3.05, 3.63) is 35.5 Å². The normalized spacial score (nSPS) is 23.5. The van der Waals surface area contributed by atoms with Crippen LogP contribution >= 0.6 is 0 Å². The van der Waals surface area contributed by atoms with Crippen LogP contribution in [0.25, 0.3) is 5.57 Å². The molecule has 0 spiro atoms. The van der Waals surface area contributed by atoms with Gasteiger partial charge >= 0.3 is 0 Å². The van der Waals surface area contributed by atoms with Gasteiger partial charge in [0.15, 0.2) is 0 Å². The van der Waals surface area contributed by atoms with Gasteiger partial charge in [0.1, 0.15) is 11.4 Å². The van der Waals surface area contributed by atoms with Gasteiger partial charge in [-0.1, -0.05) is 58.1 Å². The number of imide groups is 1. The molecule has 2 aliphatic heterocycles. The summed E-state index contributed by atoms with van der Waals surface area (Å²) in [5.74, 6) is 1.16. The Bertz CT molecular complexity index is 837. The zero-order valence-electron chi connectivity index (χ0n) is 19.8. The van der Waals surface area contributed by atoms with Crippen molar-refractivity contribution in [2.24, 2.45) is 5.92 Å². The molecule has 0 aromatic heterocycles. The smallest absolute Gasteiger partial charge is 0.278 e. The Morgan fingerprint density at radius 1 is 0.906 bits per heavy atom. The Kier molecular flexibility index (Phi) is 7.54. The van der Waals surface area contributed by atoms with E-state index in [0.717, 1.165) is 62.9 Å². The number of hydrogen-bond acceptors (Lipinski definition) is 4. The molecule has 2 amide bonds. The fraction of sp³-hybridized carbons (Fsp3) is 0.630. The van der Waals surface area contributed by atoms with Crippen LogP contribution in [0.4, 0.5) is 0 Å². The number of ether oxygens (including phenoxy) is 1. The van der Waals surface area contributed by atoms with Crippen LogP contribution < -0.4 is 4.74 Å². The molecule has 4 rings (SSSR count). The number of likely N-dealkylation sites (tertiary alicyclic amines) is 1. The highest BCUT2D eigenvalue weighted by molar-refractivity contribution is 6.35. The predicted octanol–water partition coefficient (Wildman–Crippen LogP) is 5.40. The molecule has 1 unspecified atom stereocenters. The Hall–Kier alpha value is -2.30. The third-order valence-corrected chi connectivity index (χ3v) is 7.12. The van der Waals surface area contributed by atoms with E-state index in [9.17, 15) is 9.59 Å². The Labute approximate surface area is 192 Å². The highest BCUT2D eigenvalue weighted by Crippen LogP contribution is 2.37. The largest absolute Gasteiger partial charge is 0.494 e. The first-order valence-corrected chi connectivity index (χ1v) is 12.7. The van der Waals surface area contributed by atoms with Crippen LogP contribution in [0.2, 0.25) is 0 Å². The number of rotatable bonds is 6. The third kappa shape index (κ3) is 4.87. The van der Waals surface area contributed by atoms with E-state index in [1.165, 1.54) is 25.7 Å². The summed E-state index contributed by atoms with van der Waals surface area (Å²) in [5, 5.41) is 0. The maximum atomic E-state index is 13.8. The molecule has 5 heteroatoms. The Morgan fingerprint density at radius 2 is 1.59 bits per heavy atom. The van der Waals surface area contributed by atoms with Crippen LogP contribution in [-0.4, -0.2) is 47.4 Å². The maximum absolute atomic E-state index is 13.8. The predicted molar refractivity (Wildman–Crippen MR) is 127 cm³/mol. The minimum Gasteiger partial charge on any atom is -0.494 e. The second-order valence-electron chi connectivity index (χ2n) is 9.77. The molecule has 1 atom stereocenters. The number of carbonyl (C=O) groups is 2. The summed E-state index contributed by atoms with van der Waals surface area (Å²) in [5.41, 5.74) is 2.05. The van der Waals surface area contributed by atoms with Gasteiger partial charge in [0, 0.05) is 19.1 Å². The second-order valence-corrected chi connectivity index (χ2v) is 9.77. The zero-order chi connectivity index (χ0) is 22.5. The quantitative estimate of drug-likeness (QED) is 0.558. The molecule has 0 bridgehead atoms. The van der Waals surface area contributed by atoms with Gasteiger partial charge in [-0.2, -0.15) is 0 Å². The molecule has 1 aromatic rings. The van der Waals surface area contributed by atoms with Gasteiger partial charge in [-0.25, -0.2) is 0 Å². The van der Waals surface area contributed by atoms with E-state index in [0.29, 0.717) is 23.8 Å². The van der Waals surface area contributed by atoms with Crippen molar-refractivity contribution in [2.45, 2.75) is 84.1 Å². The van der Waals surface area contributed by atoms with Crippen LogP contribution in [0.1, 0.15) is 83.6 Å². The van der Waals surface area contributed by atoms with Crippen molar-refractivity contribution in [1.82, 2.24) is 9.80 Å². The van der Waals surface area contributed by atoms with Crippen LogP contribution in [-0.2, 0) is 9.59 Å². The molecule has 1 saturated heterocycles. The van der Waals surface area contributed by atoms with Crippen molar-refractivity contribution in [3.63, 3.8) is 0 Å². The van der Waals surface area contributed by atoms with E-state index in [-0.39, 0.29) is 17.9 Å². The lowest BCUT2D eigenvalue weighted by Crippen LogP contribution is -2.44. The van der Waals surface area contributed by atoms with E-state index in [1.807, 2.05) is 24.3 Å². The van der Waals surface area contributed by atoms with Gasteiger partial charge in [-0.15, -0.1) is 0 Å². The summed E-state index contributed by atoms with van der Waals surface area (Å²) < 4.78 is 5.73. The van der Waals surface area contributed by atoms with Crippen molar-refractivity contribution in [1.29, 1.82) is 0 Å². The number of nitrogens with zero attached hydrogens (tertiary/aromatic N) is 2. The molecule has 2 fully saturated rings. The fourth-order valence-corrected chi connectivity index (χ4v) is 5.44. The van der Waals surface area contributed by atoms with Gasteiger partial charge < -0.3 is 9.64 Å². The summed E-state index contributed by atoms with van der Waals surface area (Å²) in [6.07, 6.45) is 10.9. The first kappa shape index (κ1) is 22.9. The van der Waals surface area contributed by atoms with Gasteiger partial charge in [0.25, 0.3) is 11.8 Å². The molecule has 1 aromatic carbocycles. The number of piperidine rings is 1. The van der Waals surface area contributed by atoms with Crippen LogP contribution in [0, 0.1) is 5.92 Å². The fourth-order valence-electron chi connectivity index (χ4n) is 5.44. The van der Waals surface area contributed by atoms with Crippen molar-refractivity contribution in [3.8, 4) is 5.75 Å². The molecule has 0 N–H and O–H groups in total. The average molecular weight is 439 g/mol. The minimum atomic E-state index is -0.101. The standard InChI is InChI=1S/C27H38N2O3/c1-3-18-32-23-15-13-21(14-16-23)24-25(28-17-9-10-20(2)19-28)27(31)29(26(24)30)22-11-7-5-4-6-8-12-22/h13-16,20,22H,3-12,17-19H2,1-2H3. The maximum Gasteiger partial charge on any atom is 0.278 e. The summed E-state index contributed by atoms with van der Waals surface area (Å²) >= 11 is 0. The van der Waals surface area contributed by atoms with E-state index in [1.54, 1.807) is 4.90 Å². The summed E-state index contributed by atoms with van der Waals surface area (Å²) in [6.45, 7) is 6.68. The number of carbonyl (C=O) groups excluding carboxylic acids is 2. The van der Waals surface area contributed by atoms with Crippen LogP contribution in [0.5, 0.6) is 5.75 Å². The van der Waals surface area contributed by atoms with Crippen molar-refractivity contribution < 1.29 is 14.3 Å². The van der Waals surface area contributed by atoms with Crippen LogP contribution in [0.15, 0.2) is 30.0 Å². The lowest BCUT2D eigenvalue weighted by atomic mass is 9.95. The Morgan fingerprint density at radius 3 is 2.25 bits per heavy atom. The molecule has 5 nitrogen and oxygen atoms in total. The Balaban J connectivity index is 1.67. The van der Waals surface area contributed by atoms with E-state index >= 15 is 0 Å². The van der Waals surface area contributed by atoms with Crippen LogP contribution in [0.3, 0.4) is 0 Å². The number of benzene rings is 1. The molecule has 32 heavy (non-hydrogen) atoms. The van der Waals surface area contributed by atoms with E-state index in [4.69, 9.17) is 4.74 Å². The average Bonchev–Trinajstić information content (AvgIpc) is 3.03. The van der Waals surface area contributed by atoms with Gasteiger partial charge in [0.2, 0.25) is 0 Å². The summed E-state index contributed by atoms with van der Waals surface area (Å²) in [4.78, 5) is 31.4. The topological polar surface area (TPSA) is 49.9 Å². The van der Waals surface area contributed by atoms with Crippen molar-refractivity contribution in [2.75, 3.05) is 19.7 Å². The third-order valence-electron chi connectivity index (χ3n) is 7.12.